The molecular formula is C29H25F2N5O2S2. The van der Waals surface area contributed by atoms with Crippen LogP contribution < -0.4 is 10.1 Å². The lowest BCUT2D eigenvalue weighted by Gasteiger charge is -2.16. The molecule has 5 rings (SSSR count). The van der Waals surface area contributed by atoms with Crippen LogP contribution in [0.15, 0.2) is 78.5 Å². The van der Waals surface area contributed by atoms with Crippen molar-refractivity contribution in [2.75, 3.05) is 11.1 Å². The van der Waals surface area contributed by atoms with E-state index < -0.39 is 17.7 Å². The highest BCUT2D eigenvalue weighted by Gasteiger charge is 2.21. The van der Waals surface area contributed by atoms with E-state index in [-0.39, 0.29) is 17.4 Å². The minimum absolute atomic E-state index is 0.0933. The molecule has 11 heteroatoms. The van der Waals surface area contributed by atoms with Gasteiger partial charge in [-0.1, -0.05) is 23.9 Å². The molecule has 7 nitrogen and oxygen atoms in total. The van der Waals surface area contributed by atoms with E-state index in [9.17, 15) is 13.6 Å². The number of fused-ring (bicyclic) bond motifs is 1. The van der Waals surface area contributed by atoms with E-state index in [0.29, 0.717) is 23.2 Å². The summed E-state index contributed by atoms with van der Waals surface area (Å²) in [6, 6.07) is 16.9. The van der Waals surface area contributed by atoms with Gasteiger partial charge in [0.25, 0.3) is 0 Å². The van der Waals surface area contributed by atoms with Crippen molar-refractivity contribution in [3.63, 3.8) is 0 Å². The molecule has 3 aromatic carbocycles. The van der Waals surface area contributed by atoms with Crippen LogP contribution in [0.5, 0.6) is 5.75 Å². The molecule has 0 aliphatic heterocycles. The smallest absolute Gasteiger partial charge is 0.234 e. The lowest BCUT2D eigenvalue weighted by atomic mass is 10.2. The zero-order valence-electron chi connectivity index (χ0n) is 21.7. The summed E-state index contributed by atoms with van der Waals surface area (Å²) in [5, 5.41) is 12.7. The summed E-state index contributed by atoms with van der Waals surface area (Å²) in [4.78, 5) is 17.4. The minimum Gasteiger partial charge on any atom is -0.480 e. The van der Waals surface area contributed by atoms with E-state index in [1.165, 1.54) is 23.4 Å². The average molecular weight is 578 g/mol. The number of benzene rings is 3. The van der Waals surface area contributed by atoms with Crippen molar-refractivity contribution in [2.24, 2.45) is 0 Å². The predicted octanol–water partition coefficient (Wildman–Crippen LogP) is 7.20. The molecule has 1 unspecified atom stereocenters. The van der Waals surface area contributed by atoms with Crippen LogP contribution in [-0.2, 0) is 11.3 Å². The fourth-order valence-corrected chi connectivity index (χ4v) is 5.82. The van der Waals surface area contributed by atoms with E-state index in [1.54, 1.807) is 28.9 Å². The first-order chi connectivity index (χ1) is 19.3. The number of ether oxygens (including phenoxy) is 1. The summed E-state index contributed by atoms with van der Waals surface area (Å²) in [5.74, 6) is -1.29. The first-order valence-electron chi connectivity index (χ1n) is 12.4. The van der Waals surface area contributed by atoms with Crippen molar-refractivity contribution in [1.29, 1.82) is 0 Å². The summed E-state index contributed by atoms with van der Waals surface area (Å²) >= 11 is 2.84. The topological polar surface area (TPSA) is 81.9 Å². The van der Waals surface area contributed by atoms with Crippen molar-refractivity contribution in [2.45, 2.75) is 31.7 Å². The second-order valence-electron chi connectivity index (χ2n) is 8.98. The van der Waals surface area contributed by atoms with Crippen molar-refractivity contribution < 1.29 is 18.3 Å². The summed E-state index contributed by atoms with van der Waals surface area (Å²) in [5.41, 5.74) is 3.81. The molecule has 1 atom stereocenters. The van der Waals surface area contributed by atoms with Gasteiger partial charge in [-0.25, -0.2) is 13.8 Å². The zero-order chi connectivity index (χ0) is 28.2. The Bertz CT molecular complexity index is 1680. The second-order valence-corrected chi connectivity index (χ2v) is 11.0. The third kappa shape index (κ3) is 6.21. The van der Waals surface area contributed by atoms with Gasteiger partial charge >= 0.3 is 0 Å². The Morgan fingerprint density at radius 3 is 2.70 bits per heavy atom. The van der Waals surface area contributed by atoms with Gasteiger partial charge < -0.3 is 10.1 Å². The molecule has 40 heavy (non-hydrogen) atoms. The van der Waals surface area contributed by atoms with Gasteiger partial charge in [-0.05, 0) is 67.9 Å². The number of allylic oxidation sites excluding steroid dienone is 1. The number of nitrogens with one attached hydrogen (secondary N) is 1. The number of carbonyl (C=O) groups is 1. The lowest BCUT2D eigenvalue weighted by Crippen LogP contribution is -2.15. The van der Waals surface area contributed by atoms with Crippen LogP contribution in [-0.4, -0.2) is 31.4 Å². The normalized spacial score (nSPS) is 11.9. The second kappa shape index (κ2) is 12.0. The minimum atomic E-state index is -0.809. The van der Waals surface area contributed by atoms with Crippen LogP contribution in [0.2, 0.25) is 0 Å². The van der Waals surface area contributed by atoms with Crippen LogP contribution in [0.25, 0.3) is 20.8 Å². The molecular weight excluding hydrogens is 552 g/mol. The Hall–Kier alpha value is -4.09. The molecule has 0 aliphatic rings. The number of aromatic nitrogens is 4. The number of thiazole rings is 1. The van der Waals surface area contributed by atoms with E-state index in [1.807, 2.05) is 36.4 Å². The van der Waals surface area contributed by atoms with Crippen LogP contribution in [0, 0.1) is 18.6 Å². The number of carbonyl (C=O) groups excluding carboxylic acids is 1. The van der Waals surface area contributed by atoms with Crippen molar-refractivity contribution in [3.8, 4) is 16.3 Å². The number of halogens is 2. The maximum atomic E-state index is 14.1. The molecule has 1 N–H and O–H groups in total. The third-order valence-corrected chi connectivity index (χ3v) is 7.94. The van der Waals surface area contributed by atoms with Gasteiger partial charge in [-0.3, -0.25) is 9.36 Å². The van der Waals surface area contributed by atoms with Gasteiger partial charge in [0, 0.05) is 23.9 Å². The first kappa shape index (κ1) is 27.5. The maximum Gasteiger partial charge on any atom is 0.234 e. The van der Waals surface area contributed by atoms with Gasteiger partial charge in [-0.15, -0.1) is 28.1 Å². The lowest BCUT2D eigenvalue weighted by molar-refractivity contribution is -0.113. The van der Waals surface area contributed by atoms with Gasteiger partial charge in [0.15, 0.2) is 28.7 Å². The molecule has 2 aromatic heterocycles. The molecule has 1 amide bonds. The van der Waals surface area contributed by atoms with Crippen LogP contribution in [0.4, 0.5) is 14.5 Å². The van der Waals surface area contributed by atoms with Gasteiger partial charge in [0.2, 0.25) is 5.91 Å². The summed E-state index contributed by atoms with van der Waals surface area (Å²) in [6.07, 6.45) is 0.977. The highest BCUT2D eigenvalue weighted by molar-refractivity contribution is 7.99. The van der Waals surface area contributed by atoms with Crippen molar-refractivity contribution >= 4 is 44.9 Å². The summed E-state index contributed by atoms with van der Waals surface area (Å²) in [7, 11) is 0. The molecule has 0 radical (unpaired) electrons. The molecule has 0 aliphatic carbocycles. The fourth-order valence-electron chi connectivity index (χ4n) is 4.00. The summed E-state index contributed by atoms with van der Waals surface area (Å²) < 4.78 is 35.8. The van der Waals surface area contributed by atoms with E-state index in [4.69, 9.17) is 9.72 Å². The number of thioether (sulfide) groups is 1. The molecule has 204 valence electrons. The number of hydrogen-bond donors (Lipinski definition) is 1. The van der Waals surface area contributed by atoms with Crippen LogP contribution in [0.3, 0.4) is 0 Å². The van der Waals surface area contributed by atoms with Crippen molar-refractivity contribution in [3.05, 3.63) is 96.3 Å². The number of hydrogen-bond acceptors (Lipinski definition) is 7. The molecule has 0 saturated carbocycles. The average Bonchev–Trinajstić information content (AvgIpc) is 3.53. The standard InChI is InChI=1S/C29H25F2N5O2S2/c1-4-13-36-27(18(3)38-24-12-8-20(30)15-22(24)31)34-35-29(36)39-16-26(37)32-21-9-6-19(7-10-21)28-33-23-11-5-17(2)14-25(23)40-28/h4-12,14-15,18H,1,13,16H2,2-3H3,(H,32,37). The molecule has 0 bridgehead atoms. The Morgan fingerprint density at radius 2 is 1.95 bits per heavy atom. The van der Waals surface area contributed by atoms with Crippen LogP contribution in [0.1, 0.15) is 24.4 Å². The van der Waals surface area contributed by atoms with E-state index in [0.717, 1.165) is 32.9 Å². The van der Waals surface area contributed by atoms with Gasteiger partial charge in [0.1, 0.15) is 10.8 Å². The monoisotopic (exact) mass is 577 g/mol. The van der Waals surface area contributed by atoms with E-state index >= 15 is 0 Å². The number of nitrogens with zero attached hydrogens (tertiary/aromatic N) is 4. The molecule has 0 fully saturated rings. The Morgan fingerprint density at radius 1 is 1.15 bits per heavy atom. The molecule has 0 saturated heterocycles. The highest BCUT2D eigenvalue weighted by Crippen LogP contribution is 2.31. The fraction of sp³-hybridized carbons (Fsp3) is 0.172. The summed E-state index contributed by atoms with van der Waals surface area (Å²) in [6.45, 7) is 7.88. The highest BCUT2D eigenvalue weighted by atomic mass is 32.2. The number of aryl methyl sites for hydroxylation is 1. The molecule has 2 heterocycles. The number of rotatable bonds is 10. The largest absolute Gasteiger partial charge is 0.480 e. The Labute approximate surface area is 237 Å². The quantitative estimate of drug-likeness (QED) is 0.140. The molecule has 0 spiro atoms. The molecule has 5 aromatic rings. The van der Waals surface area contributed by atoms with Gasteiger partial charge in [0.05, 0.1) is 16.0 Å². The SMILES string of the molecule is C=CCn1c(SCC(=O)Nc2ccc(-c3nc4ccc(C)cc4s3)cc2)nnc1C(C)Oc1ccc(F)cc1F. The zero-order valence-corrected chi connectivity index (χ0v) is 23.4. The number of anilines is 1. The predicted molar refractivity (Wildman–Crippen MR) is 155 cm³/mol. The third-order valence-electron chi connectivity index (χ3n) is 5.91. The van der Waals surface area contributed by atoms with Gasteiger partial charge in [-0.2, -0.15) is 0 Å². The number of amides is 1. The maximum absolute atomic E-state index is 14.1. The van der Waals surface area contributed by atoms with Crippen molar-refractivity contribution in [1.82, 2.24) is 19.7 Å². The van der Waals surface area contributed by atoms with Crippen LogP contribution >= 0.6 is 23.1 Å². The van der Waals surface area contributed by atoms with E-state index in [2.05, 4.69) is 35.1 Å². The Kier molecular flexibility index (Phi) is 8.22. The Balaban J connectivity index is 1.21. The first-order valence-corrected chi connectivity index (χ1v) is 14.2.